The van der Waals surface area contributed by atoms with Gasteiger partial charge in [-0.25, -0.2) is 9.59 Å². The van der Waals surface area contributed by atoms with Gasteiger partial charge in [0.1, 0.15) is 0 Å². The van der Waals surface area contributed by atoms with Crippen LogP contribution in [0, 0.1) is 0 Å². The zero-order valence-corrected chi connectivity index (χ0v) is 36.8. The number of hydrogen-bond donors (Lipinski definition) is 3. The topological polar surface area (TPSA) is 73.5 Å². The van der Waals surface area contributed by atoms with Gasteiger partial charge < -0.3 is 20.9 Å². The largest absolute Gasteiger partial charge is 0.338 e. The Morgan fingerprint density at radius 2 is 0.796 bits per heavy atom. The molecule has 3 N–H and O–H groups in total. The number of allylic oxidation sites excluding steroid dienone is 3. The van der Waals surface area contributed by atoms with Gasteiger partial charge in [0.15, 0.2) is 0 Å². The van der Waals surface area contributed by atoms with Crippen LogP contribution in [-0.2, 0) is 0 Å². The Morgan fingerprint density at radius 1 is 0.426 bits per heavy atom. The van der Waals surface area contributed by atoms with E-state index in [1.165, 1.54) is 173 Å². The molecule has 318 valence electrons. The van der Waals surface area contributed by atoms with Gasteiger partial charge in [0, 0.05) is 26.2 Å². The van der Waals surface area contributed by atoms with Gasteiger partial charge in [-0.1, -0.05) is 193 Å². The first-order valence-electron chi connectivity index (χ1n) is 24.0. The second kappa shape index (κ2) is 43.7. The zero-order valence-electron chi connectivity index (χ0n) is 36.8. The first-order chi connectivity index (χ1) is 26.6. The Labute approximate surface area is 337 Å². The molecule has 0 bridgehead atoms. The van der Waals surface area contributed by atoms with Gasteiger partial charge in [-0.05, 0) is 70.6 Å². The average molecular weight is 759 g/mol. The fourth-order valence-electron chi connectivity index (χ4n) is 7.18. The van der Waals surface area contributed by atoms with E-state index >= 15 is 0 Å². The molecule has 0 aromatic rings. The lowest BCUT2D eigenvalue weighted by molar-refractivity contribution is 0.181. The number of nitrogens with zero attached hydrogens (tertiary/aromatic N) is 1. The van der Waals surface area contributed by atoms with Crippen molar-refractivity contribution in [2.45, 2.75) is 246 Å². The van der Waals surface area contributed by atoms with Crippen LogP contribution in [0.3, 0.4) is 0 Å². The maximum absolute atomic E-state index is 13.4. The smallest absolute Gasteiger partial charge is 0.317 e. The highest BCUT2D eigenvalue weighted by molar-refractivity contribution is 5.74. The standard InChI is InChI=1S/C48H94N4O2/c1-5-9-12-15-16-17-18-19-20-21-22-23-25-29-34-39-44-51-48(54)52(45-8-4)46(40-35-30-13-10-6-2)41-36-31-27-24-26-28-33-38-43-50-47(53)49-42-37-32-14-11-7-3/h19-20,36,41,46H,5-18,21-35,37-40,42-45H2,1-4H3,(H,51,54)(H2,49,50,53)/b20-19-,41-36-. The van der Waals surface area contributed by atoms with Crippen molar-refractivity contribution in [1.29, 1.82) is 0 Å². The first-order valence-corrected chi connectivity index (χ1v) is 24.0. The van der Waals surface area contributed by atoms with Crippen LogP contribution >= 0.6 is 0 Å². The monoisotopic (exact) mass is 759 g/mol. The van der Waals surface area contributed by atoms with Crippen molar-refractivity contribution < 1.29 is 9.59 Å². The number of rotatable bonds is 41. The number of amides is 4. The molecule has 0 fully saturated rings. The van der Waals surface area contributed by atoms with E-state index in [4.69, 9.17) is 0 Å². The molecular weight excluding hydrogens is 665 g/mol. The summed E-state index contributed by atoms with van der Waals surface area (Å²) in [7, 11) is 0. The molecule has 1 unspecified atom stereocenters. The molecule has 0 aromatic heterocycles. The molecule has 6 heteroatoms. The first kappa shape index (κ1) is 52.0. The Kier molecular flexibility index (Phi) is 42.1. The summed E-state index contributed by atoms with van der Waals surface area (Å²) in [4.78, 5) is 27.5. The van der Waals surface area contributed by atoms with Crippen LogP contribution in [-0.4, -0.2) is 49.2 Å². The number of urea groups is 2. The van der Waals surface area contributed by atoms with Crippen molar-refractivity contribution in [3.63, 3.8) is 0 Å². The summed E-state index contributed by atoms with van der Waals surface area (Å²) in [5.41, 5.74) is 0. The highest BCUT2D eigenvalue weighted by atomic mass is 16.2. The Hall–Kier alpha value is -1.98. The van der Waals surface area contributed by atoms with Crippen molar-refractivity contribution in [1.82, 2.24) is 20.9 Å². The van der Waals surface area contributed by atoms with Crippen molar-refractivity contribution in [2.24, 2.45) is 0 Å². The summed E-state index contributed by atoms with van der Waals surface area (Å²) in [6, 6.07) is 0.305. The number of nitrogens with one attached hydrogen (secondary N) is 3. The number of unbranched alkanes of at least 4 members (excludes halogenated alkanes) is 26. The molecule has 0 aliphatic heterocycles. The summed E-state index contributed by atoms with van der Waals surface area (Å²) < 4.78 is 0. The molecule has 0 saturated heterocycles. The van der Waals surface area contributed by atoms with Crippen molar-refractivity contribution in [2.75, 3.05) is 26.2 Å². The predicted octanol–water partition coefficient (Wildman–Crippen LogP) is 14.7. The molecule has 0 radical (unpaired) electrons. The molecule has 0 aliphatic rings. The molecule has 4 amide bonds. The van der Waals surface area contributed by atoms with Crippen molar-refractivity contribution in [3.05, 3.63) is 24.3 Å². The second-order valence-electron chi connectivity index (χ2n) is 16.1. The lowest BCUT2D eigenvalue weighted by Crippen LogP contribution is -2.46. The van der Waals surface area contributed by atoms with E-state index in [1.807, 2.05) is 0 Å². The van der Waals surface area contributed by atoms with E-state index in [1.54, 1.807) is 0 Å². The molecule has 0 aliphatic carbocycles. The third-order valence-corrected chi connectivity index (χ3v) is 10.7. The number of carbonyl (C=O) groups excluding carboxylic acids is 2. The molecule has 6 nitrogen and oxygen atoms in total. The van der Waals surface area contributed by atoms with E-state index in [2.05, 4.69) is 72.8 Å². The van der Waals surface area contributed by atoms with Crippen LogP contribution in [0.5, 0.6) is 0 Å². The zero-order chi connectivity index (χ0) is 39.4. The van der Waals surface area contributed by atoms with Crippen LogP contribution < -0.4 is 16.0 Å². The molecule has 0 saturated carbocycles. The van der Waals surface area contributed by atoms with Crippen molar-refractivity contribution in [3.8, 4) is 0 Å². The predicted molar refractivity (Wildman–Crippen MR) is 239 cm³/mol. The minimum absolute atomic E-state index is 0.0136. The van der Waals surface area contributed by atoms with Crippen LogP contribution in [0.1, 0.15) is 240 Å². The lowest BCUT2D eigenvalue weighted by atomic mass is 10.0. The van der Waals surface area contributed by atoms with E-state index < -0.39 is 0 Å². The SMILES string of the molecule is CCCCCCCC/C=C\CCCCCCCCNC(=O)N(CCC)C(/C=C\CCCCCCCCNC(=O)NCCCCCCC)CCCCCCC. The van der Waals surface area contributed by atoms with E-state index in [0.29, 0.717) is 0 Å². The molecule has 0 rings (SSSR count). The third kappa shape index (κ3) is 37.0. The van der Waals surface area contributed by atoms with Crippen LogP contribution in [0.25, 0.3) is 0 Å². The average Bonchev–Trinajstić information content (AvgIpc) is 3.17. The van der Waals surface area contributed by atoms with Crippen LogP contribution in [0.15, 0.2) is 24.3 Å². The molecule has 54 heavy (non-hydrogen) atoms. The van der Waals surface area contributed by atoms with Gasteiger partial charge in [0.25, 0.3) is 0 Å². The maximum atomic E-state index is 13.4. The van der Waals surface area contributed by atoms with E-state index in [0.717, 1.165) is 64.7 Å². The summed E-state index contributed by atoms with van der Waals surface area (Å²) >= 11 is 0. The molecule has 1 atom stereocenters. The summed E-state index contributed by atoms with van der Waals surface area (Å²) in [6.07, 6.45) is 50.5. The summed E-state index contributed by atoms with van der Waals surface area (Å²) in [5.74, 6) is 0. The molecule has 0 heterocycles. The van der Waals surface area contributed by atoms with Gasteiger partial charge in [-0.2, -0.15) is 0 Å². The number of carbonyl (C=O) groups is 2. The number of hydrogen-bond acceptors (Lipinski definition) is 2. The fraction of sp³-hybridized carbons (Fsp3) is 0.875. The van der Waals surface area contributed by atoms with E-state index in [-0.39, 0.29) is 18.1 Å². The van der Waals surface area contributed by atoms with Gasteiger partial charge >= 0.3 is 12.1 Å². The lowest BCUT2D eigenvalue weighted by Gasteiger charge is -2.30. The molecular formula is C48H94N4O2. The maximum Gasteiger partial charge on any atom is 0.317 e. The quantitative estimate of drug-likeness (QED) is 0.0429. The normalized spacial score (nSPS) is 12.1. The Bertz CT molecular complexity index is 845. The third-order valence-electron chi connectivity index (χ3n) is 10.7. The molecule has 0 spiro atoms. The van der Waals surface area contributed by atoms with Gasteiger partial charge in [0.2, 0.25) is 0 Å². The Balaban J connectivity index is 4.28. The second-order valence-corrected chi connectivity index (χ2v) is 16.1. The van der Waals surface area contributed by atoms with Crippen LogP contribution in [0.2, 0.25) is 0 Å². The summed E-state index contributed by atoms with van der Waals surface area (Å²) in [6.45, 7) is 12.1. The summed E-state index contributed by atoms with van der Waals surface area (Å²) in [5, 5.41) is 9.28. The highest BCUT2D eigenvalue weighted by Crippen LogP contribution is 2.16. The molecule has 0 aromatic carbocycles. The minimum atomic E-state index is -0.0136. The highest BCUT2D eigenvalue weighted by Gasteiger charge is 2.20. The Morgan fingerprint density at radius 3 is 1.24 bits per heavy atom. The van der Waals surface area contributed by atoms with Gasteiger partial charge in [-0.3, -0.25) is 0 Å². The minimum Gasteiger partial charge on any atom is -0.338 e. The van der Waals surface area contributed by atoms with Crippen LogP contribution in [0.4, 0.5) is 9.59 Å². The van der Waals surface area contributed by atoms with Gasteiger partial charge in [0.05, 0.1) is 6.04 Å². The van der Waals surface area contributed by atoms with Crippen molar-refractivity contribution >= 4 is 12.1 Å². The van der Waals surface area contributed by atoms with E-state index in [9.17, 15) is 9.59 Å². The fourth-order valence-corrected chi connectivity index (χ4v) is 7.18. The van der Waals surface area contributed by atoms with Gasteiger partial charge in [-0.15, -0.1) is 0 Å².